The van der Waals surface area contributed by atoms with Crippen molar-refractivity contribution in [1.29, 1.82) is 0 Å². The first kappa shape index (κ1) is 11.5. The van der Waals surface area contributed by atoms with Crippen LogP contribution >= 0.6 is 0 Å². The van der Waals surface area contributed by atoms with Crippen LogP contribution in [0, 0.1) is 6.92 Å². The van der Waals surface area contributed by atoms with Crippen LogP contribution in [-0.4, -0.2) is 15.2 Å². The van der Waals surface area contributed by atoms with Crippen LogP contribution in [0.3, 0.4) is 0 Å². The molecule has 0 amide bonds. The summed E-state index contributed by atoms with van der Waals surface area (Å²) in [7, 11) is 0. The average molecular weight is 241 g/mol. The van der Waals surface area contributed by atoms with Gasteiger partial charge < -0.3 is 0 Å². The molecule has 1 aliphatic rings. The summed E-state index contributed by atoms with van der Waals surface area (Å²) in [5.74, 6) is 0.631. The second kappa shape index (κ2) is 4.92. The zero-order valence-electron chi connectivity index (χ0n) is 10.8. The van der Waals surface area contributed by atoms with Gasteiger partial charge in [-0.15, -0.1) is 0 Å². The molecule has 2 heterocycles. The van der Waals surface area contributed by atoms with E-state index in [0.717, 1.165) is 0 Å². The Balaban J connectivity index is 2.01. The van der Waals surface area contributed by atoms with E-state index in [-0.39, 0.29) is 0 Å². The topological polar surface area (TPSA) is 41.6 Å². The summed E-state index contributed by atoms with van der Waals surface area (Å²) in [6.07, 6.45) is 10.3. The number of hydrogen-bond donors (Lipinski definition) is 1. The van der Waals surface area contributed by atoms with Crippen molar-refractivity contribution < 1.29 is 0 Å². The smallest absolute Gasteiger partial charge is 0.0734 e. The molecule has 0 radical (unpaired) electrons. The molecule has 1 saturated carbocycles. The third kappa shape index (κ3) is 2.05. The summed E-state index contributed by atoms with van der Waals surface area (Å²) < 4.78 is 0. The Morgan fingerprint density at radius 2 is 1.83 bits per heavy atom. The van der Waals surface area contributed by atoms with Gasteiger partial charge >= 0.3 is 0 Å². The molecule has 1 aliphatic carbocycles. The molecule has 0 aromatic carbocycles. The fraction of sp³-hybridized carbons (Fsp3) is 0.467. The predicted molar refractivity (Wildman–Crippen MR) is 72.4 cm³/mol. The number of H-pyrrole nitrogens is 1. The third-order valence-electron chi connectivity index (χ3n) is 3.94. The first-order valence-electron chi connectivity index (χ1n) is 6.81. The lowest BCUT2D eigenvalue weighted by Gasteiger charge is -2.21. The van der Waals surface area contributed by atoms with E-state index in [1.54, 1.807) is 0 Å². The highest BCUT2D eigenvalue weighted by Gasteiger charge is 2.23. The van der Waals surface area contributed by atoms with Gasteiger partial charge in [-0.25, -0.2) is 0 Å². The standard InChI is InChI=1S/C15H19N3/c1-11-14(12-7-9-16-10-8-12)15(18-17-11)13-5-3-2-4-6-13/h7-10,13H,2-6H2,1H3,(H,17,18). The molecule has 3 rings (SSSR count). The molecular formula is C15H19N3. The van der Waals surface area contributed by atoms with Crippen molar-refractivity contribution >= 4 is 0 Å². The average Bonchev–Trinajstić information content (AvgIpc) is 2.83. The molecule has 0 aliphatic heterocycles. The number of rotatable bonds is 2. The number of nitrogens with zero attached hydrogens (tertiary/aromatic N) is 2. The molecule has 0 atom stereocenters. The molecular weight excluding hydrogens is 222 g/mol. The molecule has 1 fully saturated rings. The predicted octanol–water partition coefficient (Wildman–Crippen LogP) is 3.83. The zero-order valence-corrected chi connectivity index (χ0v) is 10.8. The molecule has 0 spiro atoms. The monoisotopic (exact) mass is 241 g/mol. The maximum atomic E-state index is 4.57. The lowest BCUT2D eigenvalue weighted by atomic mass is 9.84. The van der Waals surface area contributed by atoms with E-state index < -0.39 is 0 Å². The van der Waals surface area contributed by atoms with E-state index in [1.807, 2.05) is 12.4 Å². The fourth-order valence-electron chi connectivity index (χ4n) is 3.00. The van der Waals surface area contributed by atoms with Crippen LogP contribution in [0.25, 0.3) is 11.1 Å². The van der Waals surface area contributed by atoms with Gasteiger partial charge in [0.05, 0.1) is 5.69 Å². The number of aryl methyl sites for hydroxylation is 1. The van der Waals surface area contributed by atoms with Gasteiger partial charge in [-0.3, -0.25) is 10.1 Å². The van der Waals surface area contributed by atoms with Crippen molar-refractivity contribution in [2.24, 2.45) is 0 Å². The Kier molecular flexibility index (Phi) is 3.13. The van der Waals surface area contributed by atoms with Gasteiger partial charge in [0.1, 0.15) is 0 Å². The number of aromatic amines is 1. The van der Waals surface area contributed by atoms with Crippen LogP contribution in [-0.2, 0) is 0 Å². The maximum Gasteiger partial charge on any atom is 0.0734 e. The van der Waals surface area contributed by atoms with E-state index in [9.17, 15) is 0 Å². The second-order valence-electron chi connectivity index (χ2n) is 5.18. The molecule has 3 heteroatoms. The summed E-state index contributed by atoms with van der Waals surface area (Å²) in [5.41, 5.74) is 4.96. The van der Waals surface area contributed by atoms with Gasteiger partial charge in [0.25, 0.3) is 0 Å². The number of nitrogens with one attached hydrogen (secondary N) is 1. The quantitative estimate of drug-likeness (QED) is 0.868. The summed E-state index contributed by atoms with van der Waals surface area (Å²) in [6.45, 7) is 2.11. The Morgan fingerprint density at radius 3 is 2.56 bits per heavy atom. The lowest BCUT2D eigenvalue weighted by molar-refractivity contribution is 0.437. The highest BCUT2D eigenvalue weighted by molar-refractivity contribution is 5.68. The molecule has 2 aromatic heterocycles. The van der Waals surface area contributed by atoms with Crippen LogP contribution in [0.1, 0.15) is 49.4 Å². The Hall–Kier alpha value is -1.64. The zero-order chi connectivity index (χ0) is 12.4. The van der Waals surface area contributed by atoms with Crippen LogP contribution in [0.4, 0.5) is 0 Å². The van der Waals surface area contributed by atoms with Crippen molar-refractivity contribution in [2.45, 2.75) is 44.9 Å². The van der Waals surface area contributed by atoms with Crippen molar-refractivity contribution in [3.63, 3.8) is 0 Å². The van der Waals surface area contributed by atoms with Gasteiger partial charge in [0.15, 0.2) is 0 Å². The minimum absolute atomic E-state index is 0.631. The SMILES string of the molecule is Cc1[nH]nc(C2CCCCC2)c1-c1ccncc1. The highest BCUT2D eigenvalue weighted by atomic mass is 15.1. The Labute approximate surface area is 108 Å². The summed E-state index contributed by atoms with van der Waals surface area (Å²) >= 11 is 0. The van der Waals surface area contributed by atoms with E-state index >= 15 is 0 Å². The molecule has 0 bridgehead atoms. The van der Waals surface area contributed by atoms with Crippen LogP contribution in [0.15, 0.2) is 24.5 Å². The number of aromatic nitrogens is 3. The number of pyridine rings is 1. The molecule has 94 valence electrons. The lowest BCUT2D eigenvalue weighted by Crippen LogP contribution is -2.06. The van der Waals surface area contributed by atoms with Crippen molar-refractivity contribution in [1.82, 2.24) is 15.2 Å². The Bertz CT molecular complexity index is 510. The Morgan fingerprint density at radius 1 is 1.11 bits per heavy atom. The molecule has 18 heavy (non-hydrogen) atoms. The highest BCUT2D eigenvalue weighted by Crippen LogP contribution is 2.37. The van der Waals surface area contributed by atoms with Gasteiger partial charge in [0.2, 0.25) is 0 Å². The first-order valence-corrected chi connectivity index (χ1v) is 6.81. The van der Waals surface area contributed by atoms with Gasteiger partial charge in [-0.2, -0.15) is 5.10 Å². The molecule has 1 N–H and O–H groups in total. The van der Waals surface area contributed by atoms with Crippen LogP contribution in [0.5, 0.6) is 0 Å². The van der Waals surface area contributed by atoms with Gasteiger partial charge in [0, 0.05) is 29.6 Å². The van der Waals surface area contributed by atoms with Crippen molar-refractivity contribution in [3.8, 4) is 11.1 Å². The van der Waals surface area contributed by atoms with E-state index in [1.165, 1.54) is 54.6 Å². The maximum absolute atomic E-state index is 4.57. The summed E-state index contributed by atoms with van der Waals surface area (Å²) in [6, 6.07) is 4.15. The van der Waals surface area contributed by atoms with E-state index in [0.29, 0.717) is 5.92 Å². The molecule has 3 nitrogen and oxygen atoms in total. The summed E-state index contributed by atoms with van der Waals surface area (Å²) in [5, 5.41) is 7.73. The molecule has 2 aromatic rings. The minimum Gasteiger partial charge on any atom is -0.282 e. The molecule has 0 unspecified atom stereocenters. The van der Waals surface area contributed by atoms with Gasteiger partial charge in [-0.1, -0.05) is 19.3 Å². The largest absolute Gasteiger partial charge is 0.282 e. The fourth-order valence-corrected chi connectivity index (χ4v) is 3.00. The normalized spacial score (nSPS) is 16.9. The second-order valence-corrected chi connectivity index (χ2v) is 5.18. The molecule has 0 saturated heterocycles. The van der Waals surface area contributed by atoms with Crippen molar-refractivity contribution in [3.05, 3.63) is 35.9 Å². The van der Waals surface area contributed by atoms with Gasteiger partial charge in [-0.05, 0) is 37.5 Å². The number of hydrogen-bond acceptors (Lipinski definition) is 2. The van der Waals surface area contributed by atoms with Crippen LogP contribution < -0.4 is 0 Å². The van der Waals surface area contributed by atoms with E-state index in [4.69, 9.17) is 0 Å². The van der Waals surface area contributed by atoms with Crippen molar-refractivity contribution in [2.75, 3.05) is 0 Å². The van der Waals surface area contributed by atoms with Crippen LogP contribution in [0.2, 0.25) is 0 Å². The first-order chi connectivity index (χ1) is 8.86. The summed E-state index contributed by atoms with van der Waals surface area (Å²) in [4.78, 5) is 4.10. The third-order valence-corrected chi connectivity index (χ3v) is 3.94. The van der Waals surface area contributed by atoms with E-state index in [2.05, 4.69) is 34.2 Å². The minimum atomic E-state index is 0.631.